The topological polar surface area (TPSA) is 57.4 Å². The monoisotopic (exact) mass is 288 g/mol. The Balaban J connectivity index is 2.94. The third kappa shape index (κ3) is 3.43. The van der Waals surface area contributed by atoms with Crippen molar-refractivity contribution in [2.45, 2.75) is 12.8 Å². The minimum atomic E-state index is 0.575. The fourth-order valence-electron chi connectivity index (χ4n) is 1.54. The van der Waals surface area contributed by atoms with Crippen LogP contribution in [0.2, 0.25) is 0 Å². The van der Waals surface area contributed by atoms with E-state index in [1.807, 2.05) is 0 Å². The second-order valence-electron chi connectivity index (χ2n) is 3.43. The lowest BCUT2D eigenvalue weighted by atomic mass is 10.0. The van der Waals surface area contributed by atoms with E-state index in [9.17, 15) is 0 Å². The van der Waals surface area contributed by atoms with E-state index in [2.05, 4.69) is 20.9 Å². The summed E-state index contributed by atoms with van der Waals surface area (Å²) in [4.78, 5) is 4.13. The molecule has 4 nitrogen and oxygen atoms in total. The number of nitrogens with zero attached hydrogens (tertiary/aromatic N) is 1. The summed E-state index contributed by atoms with van der Waals surface area (Å²) < 4.78 is 11.1. The molecule has 5 heteroatoms. The van der Waals surface area contributed by atoms with Crippen LogP contribution in [0, 0.1) is 0 Å². The predicted molar refractivity (Wildman–Crippen MR) is 67.5 cm³/mol. The van der Waals surface area contributed by atoms with Crippen LogP contribution in [0.5, 0.6) is 0 Å². The molecule has 0 fully saturated rings. The molecular formula is C11H17BrN2O2. The fourth-order valence-corrected chi connectivity index (χ4v) is 2.08. The lowest BCUT2D eigenvalue weighted by Gasteiger charge is -2.13. The van der Waals surface area contributed by atoms with Gasteiger partial charge in [0.05, 0.1) is 13.2 Å². The first-order chi connectivity index (χ1) is 7.70. The molecule has 0 radical (unpaired) electrons. The van der Waals surface area contributed by atoms with E-state index in [1.165, 1.54) is 0 Å². The Labute approximate surface area is 104 Å². The maximum absolute atomic E-state index is 5.87. The normalized spacial score (nSPS) is 10.7. The van der Waals surface area contributed by atoms with Crippen molar-refractivity contribution in [1.29, 1.82) is 0 Å². The van der Waals surface area contributed by atoms with Gasteiger partial charge in [-0.05, 0) is 34.3 Å². The summed E-state index contributed by atoms with van der Waals surface area (Å²) in [5, 5.41) is 0. The van der Waals surface area contributed by atoms with Crippen LogP contribution in [0.3, 0.4) is 0 Å². The molecule has 0 bridgehead atoms. The van der Waals surface area contributed by atoms with Gasteiger partial charge in [0.1, 0.15) is 5.82 Å². The van der Waals surface area contributed by atoms with Gasteiger partial charge in [0, 0.05) is 30.5 Å². The molecule has 2 N–H and O–H groups in total. The van der Waals surface area contributed by atoms with Crippen molar-refractivity contribution in [2.75, 3.05) is 33.2 Å². The molecule has 0 aliphatic rings. The zero-order chi connectivity index (χ0) is 12.0. The van der Waals surface area contributed by atoms with Crippen LogP contribution in [0.1, 0.15) is 11.1 Å². The van der Waals surface area contributed by atoms with Gasteiger partial charge in [0.2, 0.25) is 0 Å². The fraction of sp³-hybridized carbons (Fsp3) is 0.545. The van der Waals surface area contributed by atoms with E-state index < -0.39 is 0 Å². The molecule has 0 saturated heterocycles. The molecule has 0 aliphatic carbocycles. The van der Waals surface area contributed by atoms with Gasteiger partial charge in [0.25, 0.3) is 0 Å². The van der Waals surface area contributed by atoms with Crippen LogP contribution in [0.15, 0.2) is 10.7 Å². The van der Waals surface area contributed by atoms with E-state index in [0.717, 1.165) is 28.4 Å². The van der Waals surface area contributed by atoms with Crippen molar-refractivity contribution in [3.05, 3.63) is 21.8 Å². The van der Waals surface area contributed by atoms with Crippen LogP contribution in [-0.4, -0.2) is 32.4 Å². The molecule has 0 aromatic carbocycles. The molecule has 0 unspecified atom stereocenters. The summed E-state index contributed by atoms with van der Waals surface area (Å²) in [6.45, 7) is 1.31. The molecule has 1 heterocycles. The second kappa shape index (κ2) is 6.83. The average Bonchev–Trinajstić information content (AvgIpc) is 2.29. The van der Waals surface area contributed by atoms with Gasteiger partial charge in [-0.2, -0.15) is 0 Å². The molecule has 1 aromatic heterocycles. The SMILES string of the molecule is COCCc1c(Br)cnc(N)c1CCOC. The zero-order valence-corrected chi connectivity index (χ0v) is 11.2. The van der Waals surface area contributed by atoms with Crippen LogP contribution >= 0.6 is 15.9 Å². The summed E-state index contributed by atoms with van der Waals surface area (Å²) in [6, 6.07) is 0. The number of halogens is 1. The van der Waals surface area contributed by atoms with Gasteiger partial charge >= 0.3 is 0 Å². The van der Waals surface area contributed by atoms with E-state index in [1.54, 1.807) is 20.4 Å². The number of nitrogen functional groups attached to an aromatic ring is 1. The van der Waals surface area contributed by atoms with E-state index in [-0.39, 0.29) is 0 Å². The minimum absolute atomic E-state index is 0.575. The second-order valence-corrected chi connectivity index (χ2v) is 4.29. The van der Waals surface area contributed by atoms with Crippen LogP contribution < -0.4 is 5.73 Å². The summed E-state index contributed by atoms with van der Waals surface area (Å²) in [7, 11) is 3.36. The largest absolute Gasteiger partial charge is 0.384 e. The van der Waals surface area contributed by atoms with Crippen molar-refractivity contribution in [3.8, 4) is 0 Å². The molecule has 0 spiro atoms. The predicted octanol–water partition coefficient (Wildman–Crippen LogP) is 1.80. The highest BCUT2D eigenvalue weighted by atomic mass is 79.9. The van der Waals surface area contributed by atoms with Crippen LogP contribution in [0.4, 0.5) is 5.82 Å². The Morgan fingerprint density at radius 3 is 2.31 bits per heavy atom. The van der Waals surface area contributed by atoms with Gasteiger partial charge in [-0.1, -0.05) is 0 Å². The van der Waals surface area contributed by atoms with E-state index in [0.29, 0.717) is 19.0 Å². The lowest BCUT2D eigenvalue weighted by Crippen LogP contribution is -2.08. The Bertz CT molecular complexity index is 312. The third-order valence-corrected chi connectivity index (χ3v) is 3.07. The van der Waals surface area contributed by atoms with E-state index >= 15 is 0 Å². The Morgan fingerprint density at radius 2 is 1.75 bits per heavy atom. The number of rotatable bonds is 6. The van der Waals surface area contributed by atoms with Gasteiger partial charge in [0.15, 0.2) is 0 Å². The zero-order valence-electron chi connectivity index (χ0n) is 9.62. The van der Waals surface area contributed by atoms with Crippen molar-refractivity contribution < 1.29 is 9.47 Å². The van der Waals surface area contributed by atoms with Gasteiger partial charge < -0.3 is 15.2 Å². The highest BCUT2D eigenvalue weighted by Gasteiger charge is 2.11. The summed E-state index contributed by atoms with van der Waals surface area (Å²) in [6.07, 6.45) is 3.33. The number of anilines is 1. The van der Waals surface area contributed by atoms with Crippen molar-refractivity contribution in [1.82, 2.24) is 4.98 Å². The van der Waals surface area contributed by atoms with Crippen LogP contribution in [-0.2, 0) is 22.3 Å². The molecule has 16 heavy (non-hydrogen) atoms. The summed E-state index contributed by atoms with van der Waals surface area (Å²) in [5.74, 6) is 0.575. The van der Waals surface area contributed by atoms with Crippen molar-refractivity contribution in [2.24, 2.45) is 0 Å². The van der Waals surface area contributed by atoms with Gasteiger partial charge in [-0.3, -0.25) is 0 Å². The minimum Gasteiger partial charge on any atom is -0.384 e. The lowest BCUT2D eigenvalue weighted by molar-refractivity contribution is 0.198. The standard InChI is InChI=1S/C11H17BrN2O2/c1-15-5-3-8-9(4-6-16-2)11(13)14-7-10(8)12/h7H,3-6H2,1-2H3,(H2,13,14). The maximum atomic E-state index is 5.87. The summed E-state index contributed by atoms with van der Waals surface area (Å²) in [5.41, 5.74) is 8.08. The summed E-state index contributed by atoms with van der Waals surface area (Å²) >= 11 is 3.49. The smallest absolute Gasteiger partial charge is 0.126 e. The first kappa shape index (κ1) is 13.4. The molecule has 0 atom stereocenters. The van der Waals surface area contributed by atoms with E-state index in [4.69, 9.17) is 15.2 Å². The molecule has 1 rings (SSSR count). The van der Waals surface area contributed by atoms with Crippen molar-refractivity contribution >= 4 is 21.7 Å². The molecule has 90 valence electrons. The number of methoxy groups -OCH3 is 2. The number of hydrogen-bond donors (Lipinski definition) is 1. The third-order valence-electron chi connectivity index (χ3n) is 2.39. The van der Waals surface area contributed by atoms with Gasteiger partial charge in [-0.15, -0.1) is 0 Å². The number of pyridine rings is 1. The quantitative estimate of drug-likeness (QED) is 0.867. The molecule has 1 aromatic rings. The molecule has 0 amide bonds. The molecule has 0 aliphatic heterocycles. The van der Waals surface area contributed by atoms with Crippen molar-refractivity contribution in [3.63, 3.8) is 0 Å². The first-order valence-corrected chi connectivity index (χ1v) is 5.89. The Hall–Kier alpha value is -0.650. The number of aromatic nitrogens is 1. The average molecular weight is 289 g/mol. The Kier molecular flexibility index (Phi) is 5.73. The van der Waals surface area contributed by atoms with Crippen LogP contribution in [0.25, 0.3) is 0 Å². The molecule has 0 saturated carbocycles. The Morgan fingerprint density at radius 1 is 1.19 bits per heavy atom. The number of ether oxygens (including phenoxy) is 2. The highest BCUT2D eigenvalue weighted by Crippen LogP contribution is 2.24. The first-order valence-electron chi connectivity index (χ1n) is 5.10. The molecular weight excluding hydrogens is 272 g/mol. The maximum Gasteiger partial charge on any atom is 0.126 e. The highest BCUT2D eigenvalue weighted by molar-refractivity contribution is 9.10. The number of hydrogen-bond acceptors (Lipinski definition) is 4. The number of nitrogens with two attached hydrogens (primary N) is 1. The van der Waals surface area contributed by atoms with Gasteiger partial charge in [-0.25, -0.2) is 4.98 Å².